The molecule has 36 heavy (non-hydrogen) atoms. The largest absolute Gasteiger partial charge is 0.247 e. The highest BCUT2D eigenvalue weighted by molar-refractivity contribution is 5.90. The molecule has 0 spiro atoms. The third-order valence-electron chi connectivity index (χ3n) is 8.49. The van der Waals surface area contributed by atoms with Crippen LogP contribution < -0.4 is 0 Å². The van der Waals surface area contributed by atoms with Gasteiger partial charge in [0.2, 0.25) is 0 Å². The average molecular weight is 464 g/mol. The Morgan fingerprint density at radius 1 is 0.417 bits per heavy atom. The number of rotatable bonds is 2. The summed E-state index contributed by atoms with van der Waals surface area (Å²) in [6, 6.07) is 37.7. The fourth-order valence-corrected chi connectivity index (χ4v) is 6.48. The van der Waals surface area contributed by atoms with Crippen LogP contribution >= 0.6 is 0 Å². The highest BCUT2D eigenvalue weighted by Gasteiger charge is 2.38. The Morgan fingerprint density at radius 2 is 1.00 bits per heavy atom. The van der Waals surface area contributed by atoms with Crippen molar-refractivity contribution in [2.75, 3.05) is 0 Å². The van der Waals surface area contributed by atoms with Gasteiger partial charge in [0.25, 0.3) is 0 Å². The molecule has 0 radical (unpaired) electrons. The molecular weight excluding hydrogens is 434 g/mol. The zero-order valence-electron chi connectivity index (χ0n) is 21.3. The lowest BCUT2D eigenvalue weighted by Crippen LogP contribution is -2.15. The van der Waals surface area contributed by atoms with Crippen LogP contribution in [-0.4, -0.2) is 4.98 Å². The standard InChI is InChI=1S/C35H29N/c1-34(2)28-16-10-8-14-24(28)25-19-18-23(20-30(25)34)32-27(22-12-6-5-7-13-22)21-31-33(36-32)26-15-9-11-17-29(26)35(31,3)4/h5-21H,1-4H3. The molecule has 0 bridgehead atoms. The van der Waals surface area contributed by atoms with Crippen molar-refractivity contribution in [3.05, 3.63) is 125 Å². The second-order valence-corrected chi connectivity index (χ2v) is 11.2. The molecule has 4 aromatic carbocycles. The summed E-state index contributed by atoms with van der Waals surface area (Å²) in [5.74, 6) is 0. The van der Waals surface area contributed by atoms with Crippen molar-refractivity contribution in [1.82, 2.24) is 4.98 Å². The van der Waals surface area contributed by atoms with Gasteiger partial charge in [0.05, 0.1) is 11.4 Å². The highest BCUT2D eigenvalue weighted by Crippen LogP contribution is 2.52. The molecule has 0 saturated heterocycles. The van der Waals surface area contributed by atoms with E-state index in [-0.39, 0.29) is 10.8 Å². The van der Waals surface area contributed by atoms with Gasteiger partial charge in [-0.2, -0.15) is 0 Å². The molecule has 0 saturated carbocycles. The molecule has 2 aliphatic rings. The van der Waals surface area contributed by atoms with E-state index in [0.29, 0.717) is 0 Å². The van der Waals surface area contributed by atoms with Gasteiger partial charge in [0.15, 0.2) is 0 Å². The predicted molar refractivity (Wildman–Crippen MR) is 150 cm³/mol. The van der Waals surface area contributed by atoms with Gasteiger partial charge in [-0.05, 0) is 51.1 Å². The molecule has 2 aliphatic carbocycles. The minimum absolute atomic E-state index is 0.0415. The maximum absolute atomic E-state index is 5.46. The maximum Gasteiger partial charge on any atom is 0.0788 e. The fourth-order valence-electron chi connectivity index (χ4n) is 6.48. The van der Waals surface area contributed by atoms with Gasteiger partial charge in [-0.1, -0.05) is 119 Å². The summed E-state index contributed by atoms with van der Waals surface area (Å²) >= 11 is 0. The zero-order valence-corrected chi connectivity index (χ0v) is 21.3. The summed E-state index contributed by atoms with van der Waals surface area (Å²) < 4.78 is 0. The van der Waals surface area contributed by atoms with Crippen LogP contribution in [0.15, 0.2) is 103 Å². The van der Waals surface area contributed by atoms with Crippen LogP contribution in [0.25, 0.3) is 44.8 Å². The van der Waals surface area contributed by atoms with Crippen LogP contribution in [0.3, 0.4) is 0 Å². The lowest BCUT2D eigenvalue weighted by Gasteiger charge is -2.23. The van der Waals surface area contributed by atoms with Gasteiger partial charge >= 0.3 is 0 Å². The molecule has 1 aromatic heterocycles. The van der Waals surface area contributed by atoms with Gasteiger partial charge < -0.3 is 0 Å². The van der Waals surface area contributed by atoms with E-state index in [1.165, 1.54) is 55.6 Å². The molecule has 0 unspecified atom stereocenters. The second kappa shape index (κ2) is 7.27. The van der Waals surface area contributed by atoms with E-state index < -0.39 is 0 Å². The van der Waals surface area contributed by atoms with E-state index in [4.69, 9.17) is 4.98 Å². The van der Waals surface area contributed by atoms with Crippen molar-refractivity contribution in [1.29, 1.82) is 0 Å². The number of benzene rings is 4. The van der Waals surface area contributed by atoms with Crippen molar-refractivity contribution in [3.8, 4) is 44.8 Å². The van der Waals surface area contributed by atoms with Crippen molar-refractivity contribution in [3.63, 3.8) is 0 Å². The number of pyridine rings is 1. The molecule has 1 heterocycles. The SMILES string of the molecule is CC1(C)c2ccccc2-c2ccc(-c3nc4c(cc3-c3ccccc3)C(C)(C)c3ccccc3-4)cc21. The average Bonchev–Trinajstić information content (AvgIpc) is 3.28. The first-order chi connectivity index (χ1) is 17.4. The van der Waals surface area contributed by atoms with Gasteiger partial charge in [-0.3, -0.25) is 0 Å². The quantitative estimate of drug-likeness (QED) is 0.254. The number of aromatic nitrogens is 1. The van der Waals surface area contributed by atoms with E-state index in [2.05, 4.69) is 131 Å². The van der Waals surface area contributed by atoms with Crippen LogP contribution in [0.2, 0.25) is 0 Å². The molecular formula is C35H29N. The first-order valence-corrected chi connectivity index (χ1v) is 12.8. The maximum atomic E-state index is 5.46. The number of nitrogens with zero attached hydrogens (tertiary/aromatic N) is 1. The van der Waals surface area contributed by atoms with Crippen LogP contribution in [0.1, 0.15) is 49.9 Å². The van der Waals surface area contributed by atoms with Gasteiger partial charge in [0, 0.05) is 27.5 Å². The fraction of sp³-hybridized carbons (Fsp3) is 0.171. The third-order valence-corrected chi connectivity index (χ3v) is 8.49. The summed E-state index contributed by atoms with van der Waals surface area (Å²) in [7, 11) is 0. The summed E-state index contributed by atoms with van der Waals surface area (Å²) in [4.78, 5) is 5.46. The molecule has 0 fully saturated rings. The highest BCUT2D eigenvalue weighted by atomic mass is 14.8. The van der Waals surface area contributed by atoms with Crippen molar-refractivity contribution in [2.45, 2.75) is 38.5 Å². The van der Waals surface area contributed by atoms with E-state index in [1.807, 2.05) is 0 Å². The molecule has 0 N–H and O–H groups in total. The Bertz CT molecular complexity index is 1670. The van der Waals surface area contributed by atoms with Gasteiger partial charge in [-0.25, -0.2) is 4.98 Å². The van der Waals surface area contributed by atoms with E-state index in [0.717, 1.165) is 11.4 Å². The van der Waals surface area contributed by atoms with Crippen LogP contribution in [0.5, 0.6) is 0 Å². The number of hydrogen-bond donors (Lipinski definition) is 0. The normalized spacial score (nSPS) is 15.7. The van der Waals surface area contributed by atoms with Gasteiger partial charge in [-0.15, -0.1) is 0 Å². The molecule has 1 nitrogen and oxygen atoms in total. The first kappa shape index (κ1) is 21.3. The Labute approximate surface area is 213 Å². The lowest BCUT2D eigenvalue weighted by molar-refractivity contribution is 0.659. The summed E-state index contributed by atoms with van der Waals surface area (Å²) in [5.41, 5.74) is 15.0. The minimum Gasteiger partial charge on any atom is -0.247 e. The monoisotopic (exact) mass is 463 g/mol. The first-order valence-electron chi connectivity index (χ1n) is 12.8. The summed E-state index contributed by atoms with van der Waals surface area (Å²) in [6.07, 6.45) is 0. The van der Waals surface area contributed by atoms with Crippen molar-refractivity contribution < 1.29 is 0 Å². The molecule has 7 rings (SSSR count). The molecule has 0 amide bonds. The molecule has 0 atom stereocenters. The van der Waals surface area contributed by atoms with Crippen molar-refractivity contribution >= 4 is 0 Å². The summed E-state index contributed by atoms with van der Waals surface area (Å²) in [6.45, 7) is 9.33. The minimum atomic E-state index is -0.0808. The molecule has 0 aliphatic heterocycles. The Morgan fingerprint density at radius 3 is 1.75 bits per heavy atom. The van der Waals surface area contributed by atoms with E-state index >= 15 is 0 Å². The van der Waals surface area contributed by atoms with Crippen LogP contribution in [-0.2, 0) is 10.8 Å². The number of fused-ring (bicyclic) bond motifs is 6. The van der Waals surface area contributed by atoms with Crippen LogP contribution in [0, 0.1) is 0 Å². The Balaban J connectivity index is 1.50. The topological polar surface area (TPSA) is 12.9 Å². The predicted octanol–water partition coefficient (Wildman–Crippen LogP) is 9.03. The Hall–Kier alpha value is -3.97. The molecule has 174 valence electrons. The lowest BCUT2D eigenvalue weighted by atomic mass is 9.80. The Kier molecular flexibility index (Phi) is 4.31. The molecule has 5 aromatic rings. The second-order valence-electron chi connectivity index (χ2n) is 11.2. The summed E-state index contributed by atoms with van der Waals surface area (Å²) in [5, 5.41) is 0. The smallest absolute Gasteiger partial charge is 0.0788 e. The number of hydrogen-bond acceptors (Lipinski definition) is 1. The third kappa shape index (κ3) is 2.80. The zero-order chi connectivity index (χ0) is 24.7. The molecule has 1 heteroatoms. The van der Waals surface area contributed by atoms with E-state index in [1.54, 1.807) is 0 Å². The van der Waals surface area contributed by atoms with Crippen molar-refractivity contribution in [2.24, 2.45) is 0 Å². The van der Waals surface area contributed by atoms with E-state index in [9.17, 15) is 0 Å². The van der Waals surface area contributed by atoms with Gasteiger partial charge in [0.1, 0.15) is 0 Å². The van der Waals surface area contributed by atoms with Crippen LogP contribution in [0.4, 0.5) is 0 Å².